The molecule has 1 N–H and O–H groups in total. The van der Waals surface area contributed by atoms with Crippen LogP contribution in [0.2, 0.25) is 0 Å². The molecule has 0 aromatic carbocycles. The third kappa shape index (κ3) is 1.67. The second-order valence-electron chi connectivity index (χ2n) is 5.13. The largest absolute Gasteiger partial charge is 0.355 e. The second-order valence-corrected chi connectivity index (χ2v) is 5.13. The maximum atomic E-state index is 4.27. The highest BCUT2D eigenvalue weighted by Gasteiger charge is 2.40. The fraction of sp³-hybridized carbons (Fsp3) is 0.667. The molecule has 0 radical (unpaired) electrons. The molecule has 0 amide bonds. The molecule has 1 spiro atoms. The second kappa shape index (κ2) is 3.70. The van der Waals surface area contributed by atoms with Crippen molar-refractivity contribution in [2.75, 3.05) is 31.1 Å². The van der Waals surface area contributed by atoms with E-state index in [-0.39, 0.29) is 0 Å². The Balaban J connectivity index is 1.75. The Bertz CT molecular complexity index is 367. The molecule has 3 heterocycles. The highest BCUT2D eigenvalue weighted by atomic mass is 15.3. The van der Waals surface area contributed by atoms with Crippen molar-refractivity contribution in [3.8, 4) is 0 Å². The average molecular weight is 218 g/mol. The fourth-order valence-electron chi connectivity index (χ4n) is 2.84. The summed E-state index contributed by atoms with van der Waals surface area (Å²) in [5.74, 6) is 1.04. The molecule has 1 aromatic heterocycles. The fourth-order valence-corrected chi connectivity index (χ4v) is 2.84. The highest BCUT2D eigenvalue weighted by Crippen LogP contribution is 2.37. The van der Waals surface area contributed by atoms with E-state index in [1.165, 1.54) is 25.9 Å². The Morgan fingerprint density at radius 3 is 2.94 bits per heavy atom. The summed E-state index contributed by atoms with van der Waals surface area (Å²) < 4.78 is 0. The molecule has 2 aliphatic heterocycles. The van der Waals surface area contributed by atoms with Crippen LogP contribution in [0.1, 0.15) is 18.5 Å². The van der Waals surface area contributed by atoms with Crippen LogP contribution in [0, 0.1) is 12.3 Å². The van der Waals surface area contributed by atoms with E-state index >= 15 is 0 Å². The number of rotatable bonds is 1. The zero-order chi connectivity index (χ0) is 11.0. The average Bonchev–Trinajstić information content (AvgIpc) is 2.91. The summed E-state index contributed by atoms with van der Waals surface area (Å²) in [5, 5.41) is 11.9. The van der Waals surface area contributed by atoms with Crippen LogP contribution in [-0.2, 0) is 0 Å². The molecular formula is C12H18N4. The smallest absolute Gasteiger partial charge is 0.151 e. The van der Waals surface area contributed by atoms with Gasteiger partial charge in [0.1, 0.15) is 0 Å². The molecule has 86 valence electrons. The van der Waals surface area contributed by atoms with Gasteiger partial charge in [-0.2, -0.15) is 5.10 Å². The molecule has 1 aromatic rings. The number of nitrogens with zero attached hydrogens (tertiary/aromatic N) is 3. The lowest BCUT2D eigenvalue weighted by Crippen LogP contribution is -2.29. The van der Waals surface area contributed by atoms with Gasteiger partial charge in [-0.3, -0.25) is 0 Å². The van der Waals surface area contributed by atoms with Crippen LogP contribution in [-0.4, -0.2) is 36.4 Å². The number of anilines is 1. The van der Waals surface area contributed by atoms with E-state index in [4.69, 9.17) is 0 Å². The molecule has 1 atom stereocenters. The number of aryl methyl sites for hydroxylation is 1. The minimum absolute atomic E-state index is 0.507. The summed E-state index contributed by atoms with van der Waals surface area (Å²) in [6.07, 6.45) is 2.60. The first-order valence-electron chi connectivity index (χ1n) is 6.04. The number of nitrogens with one attached hydrogen (secondary N) is 1. The quantitative estimate of drug-likeness (QED) is 0.762. The van der Waals surface area contributed by atoms with Crippen molar-refractivity contribution in [2.24, 2.45) is 5.41 Å². The first-order valence-corrected chi connectivity index (χ1v) is 6.04. The van der Waals surface area contributed by atoms with E-state index in [0.29, 0.717) is 5.41 Å². The van der Waals surface area contributed by atoms with Crippen LogP contribution >= 0.6 is 0 Å². The maximum absolute atomic E-state index is 4.27. The summed E-state index contributed by atoms with van der Waals surface area (Å²) >= 11 is 0. The van der Waals surface area contributed by atoms with E-state index in [2.05, 4.69) is 26.5 Å². The first kappa shape index (κ1) is 10.0. The normalized spacial score (nSPS) is 29.2. The molecule has 1 unspecified atom stereocenters. The predicted octanol–water partition coefficient (Wildman–Crippen LogP) is 0.975. The molecule has 16 heavy (non-hydrogen) atoms. The molecule has 0 aliphatic carbocycles. The number of hydrogen-bond donors (Lipinski definition) is 1. The van der Waals surface area contributed by atoms with Gasteiger partial charge < -0.3 is 10.2 Å². The molecule has 0 saturated carbocycles. The van der Waals surface area contributed by atoms with Crippen LogP contribution in [0.3, 0.4) is 0 Å². The third-order valence-electron chi connectivity index (χ3n) is 3.88. The van der Waals surface area contributed by atoms with Gasteiger partial charge in [-0.25, -0.2) is 0 Å². The van der Waals surface area contributed by atoms with E-state index in [9.17, 15) is 0 Å². The molecule has 4 nitrogen and oxygen atoms in total. The summed E-state index contributed by atoms with van der Waals surface area (Å²) in [4.78, 5) is 2.37. The van der Waals surface area contributed by atoms with Gasteiger partial charge in [0.25, 0.3) is 0 Å². The molecular weight excluding hydrogens is 200 g/mol. The standard InChI is InChI=1S/C12H18N4/c1-10-2-3-11(15-14-10)16-7-5-12(9-16)4-6-13-8-12/h2-3,13H,4-9H2,1H3. The molecule has 3 rings (SSSR count). The Morgan fingerprint density at radius 1 is 1.31 bits per heavy atom. The predicted molar refractivity (Wildman–Crippen MR) is 63.5 cm³/mol. The molecule has 0 bridgehead atoms. The molecule has 2 aliphatic rings. The summed E-state index contributed by atoms with van der Waals surface area (Å²) in [7, 11) is 0. The summed E-state index contributed by atoms with van der Waals surface area (Å²) in [6, 6.07) is 4.13. The van der Waals surface area contributed by atoms with E-state index in [1.54, 1.807) is 0 Å². The summed E-state index contributed by atoms with van der Waals surface area (Å²) in [5.41, 5.74) is 1.49. The van der Waals surface area contributed by atoms with Gasteiger partial charge >= 0.3 is 0 Å². The van der Waals surface area contributed by atoms with Crippen molar-refractivity contribution in [1.29, 1.82) is 0 Å². The van der Waals surface area contributed by atoms with E-state index < -0.39 is 0 Å². The molecule has 2 saturated heterocycles. The minimum Gasteiger partial charge on any atom is -0.355 e. The van der Waals surface area contributed by atoms with Gasteiger partial charge in [0.15, 0.2) is 5.82 Å². The van der Waals surface area contributed by atoms with Crippen LogP contribution in [0.15, 0.2) is 12.1 Å². The topological polar surface area (TPSA) is 41.0 Å². The number of hydrogen-bond acceptors (Lipinski definition) is 4. The third-order valence-corrected chi connectivity index (χ3v) is 3.88. The van der Waals surface area contributed by atoms with Crippen molar-refractivity contribution < 1.29 is 0 Å². The Kier molecular flexibility index (Phi) is 2.32. The van der Waals surface area contributed by atoms with E-state index in [1.807, 2.05) is 13.0 Å². The van der Waals surface area contributed by atoms with Crippen LogP contribution < -0.4 is 10.2 Å². The van der Waals surface area contributed by atoms with E-state index in [0.717, 1.165) is 24.6 Å². The van der Waals surface area contributed by atoms with Crippen molar-refractivity contribution in [3.63, 3.8) is 0 Å². The minimum atomic E-state index is 0.507. The summed E-state index contributed by atoms with van der Waals surface area (Å²) in [6.45, 7) is 6.58. The molecule has 2 fully saturated rings. The van der Waals surface area contributed by atoms with Crippen LogP contribution in [0.25, 0.3) is 0 Å². The monoisotopic (exact) mass is 218 g/mol. The molecule has 4 heteroatoms. The Morgan fingerprint density at radius 2 is 2.25 bits per heavy atom. The van der Waals surface area contributed by atoms with Gasteiger partial charge in [0.05, 0.1) is 5.69 Å². The van der Waals surface area contributed by atoms with Gasteiger partial charge in [-0.1, -0.05) is 0 Å². The SMILES string of the molecule is Cc1ccc(N2CCC3(CCNC3)C2)nn1. The Labute approximate surface area is 96.1 Å². The lowest BCUT2D eigenvalue weighted by atomic mass is 9.87. The highest BCUT2D eigenvalue weighted by molar-refractivity contribution is 5.39. The lowest BCUT2D eigenvalue weighted by Gasteiger charge is -2.22. The van der Waals surface area contributed by atoms with Gasteiger partial charge in [0, 0.05) is 25.0 Å². The number of aromatic nitrogens is 2. The zero-order valence-corrected chi connectivity index (χ0v) is 9.74. The Hall–Kier alpha value is -1.16. The van der Waals surface area contributed by atoms with Crippen LogP contribution in [0.4, 0.5) is 5.82 Å². The van der Waals surface area contributed by atoms with Crippen molar-refractivity contribution in [2.45, 2.75) is 19.8 Å². The van der Waals surface area contributed by atoms with Crippen molar-refractivity contribution in [3.05, 3.63) is 17.8 Å². The zero-order valence-electron chi connectivity index (χ0n) is 9.74. The maximum Gasteiger partial charge on any atom is 0.151 e. The first-order chi connectivity index (χ1) is 7.77. The van der Waals surface area contributed by atoms with Gasteiger partial charge in [0.2, 0.25) is 0 Å². The van der Waals surface area contributed by atoms with Gasteiger partial charge in [-0.05, 0) is 38.4 Å². The van der Waals surface area contributed by atoms with Crippen molar-refractivity contribution >= 4 is 5.82 Å². The van der Waals surface area contributed by atoms with Gasteiger partial charge in [-0.15, -0.1) is 5.10 Å². The van der Waals surface area contributed by atoms with Crippen LogP contribution in [0.5, 0.6) is 0 Å². The van der Waals surface area contributed by atoms with Crippen molar-refractivity contribution in [1.82, 2.24) is 15.5 Å². The lowest BCUT2D eigenvalue weighted by molar-refractivity contribution is 0.369.